The minimum Gasteiger partial charge on any atom is -0.382 e. The lowest BCUT2D eigenvalue weighted by molar-refractivity contribution is -0.107. The second kappa shape index (κ2) is 4.43. The number of rotatable bonds is 3. The van der Waals surface area contributed by atoms with E-state index in [4.69, 9.17) is 0 Å². The molecule has 1 atom stereocenters. The van der Waals surface area contributed by atoms with Crippen LogP contribution in [0, 0.1) is 0 Å². The van der Waals surface area contributed by atoms with Gasteiger partial charge in [0.2, 0.25) is 0 Å². The van der Waals surface area contributed by atoms with Crippen LogP contribution in [0.4, 0.5) is 18.9 Å². The van der Waals surface area contributed by atoms with E-state index in [2.05, 4.69) is 9.50 Å². The molecule has 4 nitrogen and oxygen atoms in total. The summed E-state index contributed by atoms with van der Waals surface area (Å²) in [7, 11) is -4.63. The van der Waals surface area contributed by atoms with E-state index in [1.807, 2.05) is 0 Å². The number of para-hydroxylation sites is 1. The molecular weight excluding hydrogens is 271 g/mol. The monoisotopic (exact) mass is 281 g/mol. The van der Waals surface area contributed by atoms with E-state index in [0.29, 0.717) is 11.3 Å². The molecule has 100 valence electrons. The Hall–Kier alpha value is -1.28. The van der Waals surface area contributed by atoms with Crippen LogP contribution in [-0.2, 0) is 14.3 Å². The van der Waals surface area contributed by atoms with Gasteiger partial charge in [-0.2, -0.15) is 21.6 Å². The summed E-state index contributed by atoms with van der Waals surface area (Å²) in [5, 5.41) is 2.86. The maximum Gasteiger partial charge on any atom is 0.405 e. The molecule has 1 aromatic carbocycles. The average molecular weight is 281 g/mol. The Kier molecular flexibility index (Phi) is 3.24. The fraction of sp³-hybridized carbons (Fsp3) is 0.400. The summed E-state index contributed by atoms with van der Waals surface area (Å²) in [6, 6.07) is 6.72. The predicted octanol–water partition coefficient (Wildman–Crippen LogP) is 2.06. The van der Waals surface area contributed by atoms with E-state index in [1.165, 1.54) is 0 Å². The highest BCUT2D eigenvalue weighted by molar-refractivity contribution is 7.86. The Morgan fingerprint density at radius 2 is 2.00 bits per heavy atom. The van der Waals surface area contributed by atoms with Crippen LogP contribution >= 0.6 is 0 Å². The van der Waals surface area contributed by atoms with Crippen LogP contribution < -0.4 is 5.32 Å². The molecule has 18 heavy (non-hydrogen) atoms. The van der Waals surface area contributed by atoms with Crippen molar-refractivity contribution in [3.8, 4) is 0 Å². The minimum absolute atomic E-state index is 0.135. The zero-order chi connectivity index (χ0) is 13.4. The van der Waals surface area contributed by atoms with Crippen LogP contribution in [0.3, 0.4) is 0 Å². The first-order chi connectivity index (χ1) is 8.27. The molecule has 0 aromatic heterocycles. The van der Waals surface area contributed by atoms with Crippen molar-refractivity contribution in [1.29, 1.82) is 0 Å². The molecule has 1 heterocycles. The maximum atomic E-state index is 12.0. The largest absolute Gasteiger partial charge is 0.405 e. The Morgan fingerprint density at radius 3 is 2.67 bits per heavy atom. The van der Waals surface area contributed by atoms with Crippen molar-refractivity contribution in [3.63, 3.8) is 0 Å². The van der Waals surface area contributed by atoms with Gasteiger partial charge in [0.25, 0.3) is 10.1 Å². The van der Waals surface area contributed by atoms with Gasteiger partial charge in [0.1, 0.15) is 6.10 Å². The zero-order valence-electron chi connectivity index (χ0n) is 9.07. The summed E-state index contributed by atoms with van der Waals surface area (Å²) in [6.45, 7) is 0.135. The van der Waals surface area contributed by atoms with Crippen molar-refractivity contribution in [2.75, 3.05) is 17.6 Å². The summed E-state index contributed by atoms with van der Waals surface area (Å²) < 4.78 is 63.2. The van der Waals surface area contributed by atoms with Gasteiger partial charge >= 0.3 is 6.18 Å². The number of fused-ring (bicyclic) bond motifs is 1. The van der Waals surface area contributed by atoms with Gasteiger partial charge in [-0.25, -0.2) is 0 Å². The third-order valence-electron chi connectivity index (χ3n) is 2.39. The summed E-state index contributed by atoms with van der Waals surface area (Å²) in [5.41, 5.74) is 1.22. The minimum atomic E-state index is -4.80. The summed E-state index contributed by atoms with van der Waals surface area (Å²) in [4.78, 5) is 0. The fourth-order valence-electron chi connectivity index (χ4n) is 1.75. The van der Waals surface area contributed by atoms with E-state index in [-0.39, 0.29) is 6.54 Å². The van der Waals surface area contributed by atoms with Gasteiger partial charge in [0.15, 0.2) is 5.75 Å². The Morgan fingerprint density at radius 1 is 1.33 bits per heavy atom. The van der Waals surface area contributed by atoms with Crippen LogP contribution in [0.25, 0.3) is 0 Å². The SMILES string of the molecule is O=S(=O)(CC(F)(F)F)OC1CNc2ccccc21. The first-order valence-electron chi connectivity index (χ1n) is 5.07. The number of benzene rings is 1. The van der Waals surface area contributed by atoms with Gasteiger partial charge in [-0.15, -0.1) is 0 Å². The van der Waals surface area contributed by atoms with Gasteiger partial charge < -0.3 is 5.32 Å². The molecule has 8 heteroatoms. The van der Waals surface area contributed by atoms with Crippen molar-refractivity contribution >= 4 is 15.8 Å². The van der Waals surface area contributed by atoms with Gasteiger partial charge in [0.05, 0.1) is 0 Å². The van der Waals surface area contributed by atoms with E-state index in [9.17, 15) is 21.6 Å². The van der Waals surface area contributed by atoms with Crippen molar-refractivity contribution in [2.45, 2.75) is 12.3 Å². The first-order valence-corrected chi connectivity index (χ1v) is 6.65. The van der Waals surface area contributed by atoms with Crippen LogP contribution in [0.5, 0.6) is 0 Å². The number of anilines is 1. The normalized spacial score (nSPS) is 19.4. The second-order valence-corrected chi connectivity index (χ2v) is 5.47. The molecule has 0 saturated carbocycles. The summed E-state index contributed by atoms with van der Waals surface area (Å²) in [6.07, 6.45) is -5.71. The molecule has 0 bridgehead atoms. The standard InChI is InChI=1S/C10H10F3NO3S/c11-10(12,13)6-18(15,16)17-9-5-14-8-4-2-1-3-7(8)9/h1-4,9,14H,5-6H2. The van der Waals surface area contributed by atoms with Gasteiger partial charge in [0, 0.05) is 17.8 Å². The number of nitrogens with one attached hydrogen (secondary N) is 1. The smallest absolute Gasteiger partial charge is 0.382 e. The zero-order valence-corrected chi connectivity index (χ0v) is 9.88. The number of alkyl halides is 3. The van der Waals surface area contributed by atoms with Crippen molar-refractivity contribution < 1.29 is 25.8 Å². The molecule has 0 saturated heterocycles. The highest BCUT2D eigenvalue weighted by atomic mass is 32.2. The van der Waals surface area contributed by atoms with Gasteiger partial charge in [-0.05, 0) is 6.07 Å². The van der Waals surface area contributed by atoms with Crippen LogP contribution in [-0.4, -0.2) is 26.9 Å². The van der Waals surface area contributed by atoms with Crippen molar-refractivity contribution in [2.24, 2.45) is 0 Å². The lowest BCUT2D eigenvalue weighted by atomic mass is 10.1. The number of halogens is 3. The molecule has 1 N–H and O–H groups in total. The highest BCUT2D eigenvalue weighted by Crippen LogP contribution is 2.33. The topological polar surface area (TPSA) is 55.4 Å². The maximum absolute atomic E-state index is 12.0. The molecule has 0 fully saturated rings. The molecular formula is C10H10F3NO3S. The highest BCUT2D eigenvalue weighted by Gasteiger charge is 2.38. The first kappa shape index (κ1) is 13.2. The quantitative estimate of drug-likeness (QED) is 0.862. The fourth-order valence-corrected chi connectivity index (χ4v) is 2.74. The Balaban J connectivity index is 2.13. The van der Waals surface area contributed by atoms with E-state index >= 15 is 0 Å². The molecule has 1 aliphatic heterocycles. The third kappa shape index (κ3) is 3.14. The average Bonchev–Trinajstić information content (AvgIpc) is 2.57. The number of hydrogen-bond donors (Lipinski definition) is 1. The summed E-state index contributed by atoms with van der Waals surface area (Å²) in [5.74, 6) is -1.97. The van der Waals surface area contributed by atoms with Gasteiger partial charge in [-0.3, -0.25) is 4.18 Å². The van der Waals surface area contributed by atoms with Crippen LogP contribution in [0.2, 0.25) is 0 Å². The molecule has 1 unspecified atom stereocenters. The van der Waals surface area contributed by atoms with E-state index < -0.39 is 28.2 Å². The van der Waals surface area contributed by atoms with Crippen LogP contribution in [0.1, 0.15) is 11.7 Å². The lowest BCUT2D eigenvalue weighted by Gasteiger charge is -2.13. The van der Waals surface area contributed by atoms with Gasteiger partial charge in [-0.1, -0.05) is 18.2 Å². The molecule has 0 aliphatic carbocycles. The predicted molar refractivity (Wildman–Crippen MR) is 58.6 cm³/mol. The Labute approximate surface area is 102 Å². The molecule has 2 rings (SSSR count). The molecule has 0 radical (unpaired) electrons. The van der Waals surface area contributed by atoms with Crippen LogP contribution in [0.15, 0.2) is 24.3 Å². The lowest BCUT2D eigenvalue weighted by Crippen LogP contribution is -2.26. The van der Waals surface area contributed by atoms with Crippen molar-refractivity contribution in [3.05, 3.63) is 29.8 Å². The third-order valence-corrected chi connectivity index (χ3v) is 3.60. The summed E-state index contributed by atoms with van der Waals surface area (Å²) >= 11 is 0. The molecule has 0 spiro atoms. The van der Waals surface area contributed by atoms with E-state index in [1.54, 1.807) is 24.3 Å². The Bertz CT molecular complexity index is 542. The molecule has 0 amide bonds. The van der Waals surface area contributed by atoms with Crippen molar-refractivity contribution in [1.82, 2.24) is 0 Å². The van der Waals surface area contributed by atoms with E-state index in [0.717, 1.165) is 0 Å². The number of hydrogen-bond acceptors (Lipinski definition) is 4. The molecule has 1 aliphatic rings. The second-order valence-electron chi connectivity index (χ2n) is 3.87. The molecule has 1 aromatic rings.